The molecule has 1 amide bonds. The van der Waals surface area contributed by atoms with Crippen molar-refractivity contribution in [3.63, 3.8) is 0 Å². The predicted molar refractivity (Wildman–Crippen MR) is 134 cm³/mol. The average molecular weight is 664 g/mol. The molecule has 0 aliphatic heterocycles. The van der Waals surface area contributed by atoms with Crippen LogP contribution in [0.25, 0.3) is 11.2 Å². The molecule has 4 aromatic rings. The third kappa shape index (κ3) is 4.98. The first kappa shape index (κ1) is 28.0. The van der Waals surface area contributed by atoms with Crippen molar-refractivity contribution in [2.45, 2.75) is 48.7 Å². The third-order valence-corrected chi connectivity index (χ3v) is 8.20. The van der Waals surface area contributed by atoms with Crippen LogP contribution >= 0.6 is 27.7 Å². The fourth-order valence-electron chi connectivity index (χ4n) is 5.32. The minimum Gasteiger partial charge on any atom is -0.412 e. The normalized spacial score (nSPS) is 19.7. The standard InChI is InChI=1S/C25H17BrF7N5O2S/c1-41-23-35-16-7-14(26)19(36-22(16)40-23)15(4-9-2-10(27)5-11(28)3-9)34-17(39)8-38-21-18(20(37-38)25(31,32)33)12-6-13(12)24(21,29)30/h2-3,5,7,12-13,15H,4,6,8H2,1H3,(H,34,39)/t12-,13+,15-/m0/s1. The summed E-state index contributed by atoms with van der Waals surface area (Å²) in [5.41, 5.74) is -2.19. The number of halogens is 8. The number of hydrogen-bond donors (Lipinski definition) is 1. The molecule has 7 nitrogen and oxygen atoms in total. The summed E-state index contributed by atoms with van der Waals surface area (Å²) in [6.07, 6.45) is -3.56. The number of oxazole rings is 1. The van der Waals surface area contributed by atoms with Crippen molar-refractivity contribution in [2.75, 3.05) is 6.26 Å². The maximum absolute atomic E-state index is 14.9. The summed E-state index contributed by atoms with van der Waals surface area (Å²) in [6, 6.07) is 3.17. The Balaban J connectivity index is 1.35. The number of nitrogens with zero attached hydrogens (tertiary/aromatic N) is 4. The number of thioether (sulfide) groups is 1. The Morgan fingerprint density at radius 2 is 1.93 bits per heavy atom. The van der Waals surface area contributed by atoms with Gasteiger partial charge < -0.3 is 9.73 Å². The quantitative estimate of drug-likeness (QED) is 0.179. The zero-order valence-corrected chi connectivity index (χ0v) is 23.1. The van der Waals surface area contributed by atoms with Gasteiger partial charge in [-0.25, -0.2) is 18.7 Å². The molecule has 41 heavy (non-hydrogen) atoms. The van der Waals surface area contributed by atoms with Gasteiger partial charge in [-0.1, -0.05) is 11.8 Å². The van der Waals surface area contributed by atoms with Crippen LogP contribution in [0.2, 0.25) is 0 Å². The molecule has 1 saturated carbocycles. The molecule has 2 aliphatic carbocycles. The molecule has 216 valence electrons. The highest BCUT2D eigenvalue weighted by atomic mass is 79.9. The van der Waals surface area contributed by atoms with Crippen LogP contribution in [0.15, 0.2) is 38.4 Å². The van der Waals surface area contributed by atoms with Crippen molar-refractivity contribution in [3.05, 3.63) is 68.6 Å². The van der Waals surface area contributed by atoms with E-state index in [2.05, 4.69) is 36.3 Å². The van der Waals surface area contributed by atoms with Gasteiger partial charge in [-0.3, -0.25) is 9.48 Å². The largest absolute Gasteiger partial charge is 0.435 e. The lowest BCUT2D eigenvalue weighted by Gasteiger charge is -2.21. The minimum atomic E-state index is -4.99. The Kier molecular flexibility index (Phi) is 6.63. The van der Waals surface area contributed by atoms with E-state index in [-0.39, 0.29) is 29.8 Å². The Morgan fingerprint density at radius 3 is 2.59 bits per heavy atom. The highest BCUT2D eigenvalue weighted by Gasteiger charge is 2.68. The van der Waals surface area contributed by atoms with Gasteiger partial charge in [0.05, 0.1) is 11.7 Å². The number of carbonyl (C=O) groups is 1. The number of alkyl halides is 5. The molecule has 3 aromatic heterocycles. The van der Waals surface area contributed by atoms with Crippen molar-refractivity contribution in [1.82, 2.24) is 25.1 Å². The molecule has 0 radical (unpaired) electrons. The first-order valence-corrected chi connectivity index (χ1v) is 14.1. The number of pyridine rings is 1. The highest BCUT2D eigenvalue weighted by molar-refractivity contribution is 9.10. The summed E-state index contributed by atoms with van der Waals surface area (Å²) in [6.45, 7) is -0.958. The Hall–Kier alpha value is -3.14. The molecule has 1 aromatic carbocycles. The van der Waals surface area contributed by atoms with Crippen molar-refractivity contribution < 1.29 is 39.9 Å². The van der Waals surface area contributed by atoms with Crippen LogP contribution < -0.4 is 5.32 Å². The van der Waals surface area contributed by atoms with E-state index in [0.717, 1.165) is 12.1 Å². The SMILES string of the molecule is CSc1nc2cc(Br)c([C@H](Cc3cc(F)cc(F)c3)NC(=O)Cn3nc(C(F)(F)F)c4c3C(F)(F)[C@@H]3C[C@H]43)nc2o1. The van der Waals surface area contributed by atoms with E-state index in [9.17, 15) is 35.5 Å². The van der Waals surface area contributed by atoms with Gasteiger partial charge in [0.1, 0.15) is 29.4 Å². The molecule has 0 bridgehead atoms. The van der Waals surface area contributed by atoms with Gasteiger partial charge in [0.15, 0.2) is 5.69 Å². The van der Waals surface area contributed by atoms with Crippen LogP contribution in [0.4, 0.5) is 30.7 Å². The molecule has 1 N–H and O–H groups in total. The van der Waals surface area contributed by atoms with Crippen molar-refractivity contribution in [1.29, 1.82) is 0 Å². The second-order valence-corrected chi connectivity index (χ2v) is 11.4. The second kappa shape index (κ2) is 9.71. The number of carbonyl (C=O) groups excluding carboxylic acids is 1. The number of benzene rings is 1. The number of rotatable bonds is 7. The molecule has 3 heterocycles. The molecule has 3 atom stereocenters. The van der Waals surface area contributed by atoms with Crippen molar-refractivity contribution in [2.24, 2.45) is 5.92 Å². The van der Waals surface area contributed by atoms with Crippen LogP contribution in [0, 0.1) is 17.6 Å². The van der Waals surface area contributed by atoms with Gasteiger partial charge in [0.25, 0.3) is 11.1 Å². The average Bonchev–Trinajstić information content (AvgIpc) is 3.33. The fraction of sp³-hybridized carbons (Fsp3) is 0.360. The van der Waals surface area contributed by atoms with E-state index in [0.29, 0.717) is 26.0 Å². The van der Waals surface area contributed by atoms with Crippen LogP contribution in [-0.4, -0.2) is 31.9 Å². The zero-order valence-electron chi connectivity index (χ0n) is 20.7. The summed E-state index contributed by atoms with van der Waals surface area (Å²) in [4.78, 5) is 21.8. The summed E-state index contributed by atoms with van der Waals surface area (Å²) in [5, 5.41) is 6.23. The monoisotopic (exact) mass is 663 g/mol. The van der Waals surface area contributed by atoms with E-state index < -0.39 is 71.0 Å². The van der Waals surface area contributed by atoms with E-state index in [1.807, 2.05) is 0 Å². The van der Waals surface area contributed by atoms with Crippen LogP contribution in [0.1, 0.15) is 46.6 Å². The lowest BCUT2D eigenvalue weighted by atomic mass is 10.0. The summed E-state index contributed by atoms with van der Waals surface area (Å²) in [7, 11) is 0. The maximum atomic E-state index is 14.9. The molecule has 6 rings (SSSR count). The molecule has 0 unspecified atom stereocenters. The van der Waals surface area contributed by atoms with Gasteiger partial charge in [-0.05, 0) is 64.7 Å². The molecule has 16 heteroatoms. The van der Waals surface area contributed by atoms with E-state index in [1.165, 1.54) is 11.8 Å². The van der Waals surface area contributed by atoms with Gasteiger partial charge in [0, 0.05) is 22.0 Å². The Labute approximate surface area is 239 Å². The minimum absolute atomic E-state index is 0.0880. The molecule has 0 saturated heterocycles. The summed E-state index contributed by atoms with van der Waals surface area (Å²) >= 11 is 4.56. The predicted octanol–water partition coefficient (Wildman–Crippen LogP) is 6.51. The Bertz CT molecular complexity index is 1690. The lowest BCUT2D eigenvalue weighted by Crippen LogP contribution is -2.35. The smallest absolute Gasteiger partial charge is 0.412 e. The summed E-state index contributed by atoms with van der Waals surface area (Å²) in [5.74, 6) is -8.53. The topological polar surface area (TPSA) is 85.8 Å². The number of amides is 1. The molecular formula is C25H17BrF7N5O2S. The van der Waals surface area contributed by atoms with Gasteiger partial charge in [-0.2, -0.15) is 27.1 Å². The van der Waals surface area contributed by atoms with E-state index >= 15 is 0 Å². The zero-order chi connectivity index (χ0) is 29.4. The van der Waals surface area contributed by atoms with E-state index in [1.54, 1.807) is 12.3 Å². The molecular weight excluding hydrogens is 647 g/mol. The molecule has 1 fully saturated rings. The van der Waals surface area contributed by atoms with Crippen LogP contribution in [-0.2, 0) is 29.9 Å². The van der Waals surface area contributed by atoms with Crippen molar-refractivity contribution in [3.8, 4) is 0 Å². The highest BCUT2D eigenvalue weighted by Crippen LogP contribution is 2.68. The second-order valence-electron chi connectivity index (χ2n) is 9.80. The Morgan fingerprint density at radius 1 is 1.22 bits per heavy atom. The fourth-order valence-corrected chi connectivity index (χ4v) is 6.25. The molecule has 0 spiro atoms. The van der Waals surface area contributed by atoms with Gasteiger partial charge in [0.2, 0.25) is 11.6 Å². The van der Waals surface area contributed by atoms with Crippen LogP contribution in [0.3, 0.4) is 0 Å². The number of nitrogens with one attached hydrogen (secondary N) is 1. The van der Waals surface area contributed by atoms with Gasteiger partial charge >= 0.3 is 6.18 Å². The summed E-state index contributed by atoms with van der Waals surface area (Å²) < 4.78 is 105. The van der Waals surface area contributed by atoms with Gasteiger partial charge in [-0.15, -0.1) is 0 Å². The number of fused-ring (bicyclic) bond motifs is 4. The first-order chi connectivity index (χ1) is 19.3. The number of aromatic nitrogens is 4. The van der Waals surface area contributed by atoms with Crippen LogP contribution in [0.5, 0.6) is 0 Å². The lowest BCUT2D eigenvalue weighted by molar-refractivity contribution is -0.142. The maximum Gasteiger partial charge on any atom is 0.435 e. The first-order valence-electron chi connectivity index (χ1n) is 12.1. The molecule has 2 aliphatic rings. The van der Waals surface area contributed by atoms with Crippen molar-refractivity contribution >= 4 is 44.8 Å². The third-order valence-electron chi connectivity index (χ3n) is 7.04. The number of hydrogen-bond acceptors (Lipinski definition) is 6. The van der Waals surface area contributed by atoms with E-state index in [4.69, 9.17) is 4.42 Å².